The number of carbonyl (C=O) groups excluding carboxylic acids is 3. The molecule has 0 spiro atoms. The molecule has 1 atom stereocenters. The highest BCUT2D eigenvalue weighted by Gasteiger charge is 2.19. The molecule has 4 rings (SSSR count). The Morgan fingerprint density at radius 2 is 1.56 bits per heavy atom. The third kappa shape index (κ3) is 8.50. The zero-order valence-electron chi connectivity index (χ0n) is 23.7. The molecule has 0 radical (unpaired) electrons. The minimum absolute atomic E-state index is 0.000328. The number of halogens is 1. The number of hydrogen-bond donors (Lipinski definition) is 3. The minimum Gasteiger partial charge on any atom is -0.493 e. The Labute approximate surface area is 263 Å². The molecular weight excluding hydrogens is 630 g/mol. The first-order valence-electron chi connectivity index (χ1n) is 13.2. The van der Waals surface area contributed by atoms with Crippen molar-refractivity contribution in [1.82, 2.24) is 5.32 Å². The van der Waals surface area contributed by atoms with Crippen molar-refractivity contribution in [3.05, 3.63) is 118 Å². The Hall–Kier alpha value is -4.54. The van der Waals surface area contributed by atoms with Crippen molar-refractivity contribution in [2.24, 2.45) is 0 Å². The van der Waals surface area contributed by atoms with Gasteiger partial charge in [0.1, 0.15) is 5.70 Å². The second kappa shape index (κ2) is 15.1. The normalized spacial score (nSPS) is 11.7. The maximum absolute atomic E-state index is 13.6. The highest BCUT2D eigenvalue weighted by molar-refractivity contribution is 9.10. The molecule has 0 aromatic heterocycles. The first-order chi connectivity index (χ1) is 20.8. The second-order valence-electron chi connectivity index (χ2n) is 9.17. The number of amides is 3. The summed E-state index contributed by atoms with van der Waals surface area (Å²) in [5.41, 5.74) is 2.11. The molecule has 0 fully saturated rings. The molecule has 220 valence electrons. The highest BCUT2D eigenvalue weighted by Crippen LogP contribution is 2.32. The standard InChI is InChI=1S/C33H30BrN3O5S/c1-21(31(38)36-27-17-8-7-16-26(27)34)43-25-15-10-14-24(20-25)35-33(40)28(37-32(39)22-11-5-4-6-12-22)19-23-13-9-18-29(41-2)30(23)42-3/h4-21H,1-3H3,(H,35,40)(H,36,38)(H,37,39)/b28-19+. The van der Waals surface area contributed by atoms with E-state index in [0.717, 1.165) is 9.37 Å². The molecule has 0 aliphatic carbocycles. The van der Waals surface area contributed by atoms with Crippen LogP contribution < -0.4 is 25.4 Å². The second-order valence-corrected chi connectivity index (χ2v) is 11.4. The van der Waals surface area contributed by atoms with Gasteiger partial charge < -0.3 is 25.4 Å². The molecule has 4 aromatic rings. The van der Waals surface area contributed by atoms with E-state index in [4.69, 9.17) is 9.47 Å². The molecule has 43 heavy (non-hydrogen) atoms. The highest BCUT2D eigenvalue weighted by atomic mass is 79.9. The van der Waals surface area contributed by atoms with Gasteiger partial charge in [-0.2, -0.15) is 0 Å². The van der Waals surface area contributed by atoms with Crippen LogP contribution in [0, 0.1) is 0 Å². The lowest BCUT2D eigenvalue weighted by atomic mass is 10.1. The van der Waals surface area contributed by atoms with Crippen LogP contribution in [-0.4, -0.2) is 37.2 Å². The molecule has 8 nitrogen and oxygen atoms in total. The van der Waals surface area contributed by atoms with E-state index in [2.05, 4.69) is 31.9 Å². The molecule has 0 bridgehead atoms. The number of ether oxygens (including phenoxy) is 2. The number of hydrogen-bond acceptors (Lipinski definition) is 6. The van der Waals surface area contributed by atoms with Gasteiger partial charge in [0, 0.05) is 26.2 Å². The first kappa shape index (κ1) is 31.4. The Balaban J connectivity index is 1.55. The number of rotatable bonds is 11. The van der Waals surface area contributed by atoms with E-state index in [9.17, 15) is 14.4 Å². The summed E-state index contributed by atoms with van der Waals surface area (Å²) in [6.45, 7) is 1.81. The van der Waals surface area contributed by atoms with Crippen LogP contribution in [0.25, 0.3) is 6.08 Å². The quantitative estimate of drug-likeness (QED) is 0.118. The molecule has 0 saturated heterocycles. The van der Waals surface area contributed by atoms with Crippen molar-refractivity contribution in [2.75, 3.05) is 24.9 Å². The number of methoxy groups -OCH3 is 2. The number of nitrogens with one attached hydrogen (secondary N) is 3. The summed E-state index contributed by atoms with van der Waals surface area (Å²) in [6.07, 6.45) is 1.53. The van der Waals surface area contributed by atoms with E-state index >= 15 is 0 Å². The van der Waals surface area contributed by atoms with Gasteiger partial charge in [-0.1, -0.05) is 48.5 Å². The Bertz CT molecular complexity index is 1640. The summed E-state index contributed by atoms with van der Waals surface area (Å²) in [4.78, 5) is 40.2. The van der Waals surface area contributed by atoms with Crippen molar-refractivity contribution >= 4 is 62.9 Å². The lowest BCUT2D eigenvalue weighted by Gasteiger charge is -2.15. The van der Waals surface area contributed by atoms with Crippen LogP contribution in [0.1, 0.15) is 22.8 Å². The Kier molecular flexibility index (Phi) is 11.0. The van der Waals surface area contributed by atoms with Crippen molar-refractivity contribution in [2.45, 2.75) is 17.1 Å². The smallest absolute Gasteiger partial charge is 0.272 e. The number of para-hydroxylation sites is 2. The van der Waals surface area contributed by atoms with E-state index < -0.39 is 17.1 Å². The van der Waals surface area contributed by atoms with E-state index in [1.54, 1.807) is 66.7 Å². The summed E-state index contributed by atoms with van der Waals surface area (Å²) in [7, 11) is 3.02. The maximum Gasteiger partial charge on any atom is 0.272 e. The zero-order valence-corrected chi connectivity index (χ0v) is 26.1. The number of thioether (sulfide) groups is 1. The predicted octanol–water partition coefficient (Wildman–Crippen LogP) is 7.00. The summed E-state index contributed by atoms with van der Waals surface area (Å²) in [6, 6.07) is 28.4. The lowest BCUT2D eigenvalue weighted by molar-refractivity contribution is -0.115. The molecule has 3 N–H and O–H groups in total. The number of benzene rings is 4. The molecule has 10 heteroatoms. The van der Waals surface area contributed by atoms with Gasteiger partial charge in [-0.15, -0.1) is 11.8 Å². The molecule has 0 heterocycles. The molecular formula is C33H30BrN3O5S. The van der Waals surface area contributed by atoms with Gasteiger partial charge in [0.2, 0.25) is 5.91 Å². The van der Waals surface area contributed by atoms with Crippen LogP contribution in [0.5, 0.6) is 11.5 Å². The van der Waals surface area contributed by atoms with Crippen molar-refractivity contribution in [3.8, 4) is 11.5 Å². The van der Waals surface area contributed by atoms with Crippen LogP contribution in [0.15, 0.2) is 112 Å². The van der Waals surface area contributed by atoms with Crippen LogP contribution in [-0.2, 0) is 9.59 Å². The monoisotopic (exact) mass is 659 g/mol. The minimum atomic E-state index is -0.545. The average molecular weight is 661 g/mol. The van der Waals surface area contributed by atoms with Crippen molar-refractivity contribution in [3.63, 3.8) is 0 Å². The van der Waals surface area contributed by atoms with Crippen LogP contribution in [0.2, 0.25) is 0 Å². The van der Waals surface area contributed by atoms with E-state index in [1.807, 2.05) is 37.3 Å². The number of carbonyl (C=O) groups is 3. The van der Waals surface area contributed by atoms with Crippen LogP contribution in [0.3, 0.4) is 0 Å². The van der Waals surface area contributed by atoms with Gasteiger partial charge in [-0.05, 0) is 77.5 Å². The summed E-state index contributed by atoms with van der Waals surface area (Å²) in [5, 5.41) is 8.10. The third-order valence-electron chi connectivity index (χ3n) is 6.17. The van der Waals surface area contributed by atoms with Crippen LogP contribution >= 0.6 is 27.7 Å². The molecule has 1 unspecified atom stereocenters. The topological polar surface area (TPSA) is 106 Å². The van der Waals surface area contributed by atoms with Crippen molar-refractivity contribution in [1.29, 1.82) is 0 Å². The molecule has 0 aliphatic heterocycles. The summed E-state index contributed by atoms with van der Waals surface area (Å²) < 4.78 is 11.7. The van der Waals surface area contributed by atoms with E-state index in [0.29, 0.717) is 34.0 Å². The van der Waals surface area contributed by atoms with Gasteiger partial charge in [-0.3, -0.25) is 14.4 Å². The van der Waals surface area contributed by atoms with Crippen LogP contribution in [0.4, 0.5) is 11.4 Å². The van der Waals surface area contributed by atoms with Gasteiger partial charge in [0.05, 0.1) is 25.2 Å². The summed E-state index contributed by atoms with van der Waals surface area (Å²) >= 11 is 4.80. The van der Waals surface area contributed by atoms with Crippen molar-refractivity contribution < 1.29 is 23.9 Å². The maximum atomic E-state index is 13.6. The molecule has 4 aromatic carbocycles. The Morgan fingerprint density at radius 3 is 2.28 bits per heavy atom. The van der Waals surface area contributed by atoms with Gasteiger partial charge in [0.15, 0.2) is 11.5 Å². The SMILES string of the molecule is COc1cccc(/C=C(/NC(=O)c2ccccc2)C(=O)Nc2cccc(SC(C)C(=O)Nc3ccccc3Br)c2)c1OC. The third-order valence-corrected chi connectivity index (χ3v) is 7.95. The fraction of sp³-hybridized carbons (Fsp3) is 0.121. The average Bonchev–Trinajstić information content (AvgIpc) is 3.02. The van der Waals surface area contributed by atoms with E-state index in [1.165, 1.54) is 32.1 Å². The Morgan fingerprint density at radius 1 is 0.837 bits per heavy atom. The van der Waals surface area contributed by atoms with Gasteiger partial charge >= 0.3 is 0 Å². The summed E-state index contributed by atoms with van der Waals surface area (Å²) in [5.74, 6) is -0.258. The predicted molar refractivity (Wildman–Crippen MR) is 175 cm³/mol. The zero-order chi connectivity index (χ0) is 30.8. The molecule has 0 saturated carbocycles. The van der Waals surface area contributed by atoms with Gasteiger partial charge in [-0.25, -0.2) is 0 Å². The molecule has 0 aliphatic rings. The van der Waals surface area contributed by atoms with Gasteiger partial charge in [0.25, 0.3) is 11.8 Å². The first-order valence-corrected chi connectivity index (χ1v) is 14.9. The largest absolute Gasteiger partial charge is 0.493 e. The lowest BCUT2D eigenvalue weighted by Crippen LogP contribution is -2.30. The molecule has 3 amide bonds. The fourth-order valence-electron chi connectivity index (χ4n) is 4.02. The van der Waals surface area contributed by atoms with E-state index in [-0.39, 0.29) is 11.6 Å². The fourth-order valence-corrected chi connectivity index (χ4v) is 5.33. The number of anilines is 2.